The minimum Gasteiger partial charge on any atom is -0.483 e. The van der Waals surface area contributed by atoms with Gasteiger partial charge in [-0.2, -0.15) is 0 Å². The first-order valence-electron chi connectivity index (χ1n) is 9.81. The number of rotatable bonds is 3. The Kier molecular flexibility index (Phi) is 5.76. The van der Waals surface area contributed by atoms with Gasteiger partial charge in [0.05, 0.1) is 22.4 Å². The van der Waals surface area contributed by atoms with Crippen LogP contribution in [0.2, 0.25) is 5.15 Å². The molecule has 0 aliphatic carbocycles. The summed E-state index contributed by atoms with van der Waals surface area (Å²) in [6.07, 6.45) is 5.71. The second-order valence-electron chi connectivity index (χ2n) is 7.15. The Morgan fingerprint density at radius 2 is 1.90 bits per heavy atom. The average Bonchev–Trinajstić information content (AvgIpc) is 3.30. The molecule has 0 unspecified atom stereocenters. The molecule has 0 amide bonds. The Morgan fingerprint density at radius 3 is 2.67 bits per heavy atom. The molecule has 0 saturated carbocycles. The van der Waals surface area contributed by atoms with Crippen molar-refractivity contribution in [2.45, 2.75) is 19.3 Å². The Bertz CT molecular complexity index is 1180. The molecule has 1 saturated heterocycles. The molecule has 0 atom stereocenters. The van der Waals surface area contributed by atoms with E-state index in [4.69, 9.17) is 26.5 Å². The second kappa shape index (κ2) is 8.62. The third kappa shape index (κ3) is 3.78. The van der Waals surface area contributed by atoms with Crippen LogP contribution in [0.25, 0.3) is 22.1 Å². The molecule has 4 aromatic rings. The molecule has 1 aliphatic rings. The topological polar surface area (TPSA) is 99.1 Å². The number of para-hydroxylation sites is 1. The first kappa shape index (κ1) is 20.0. The molecule has 5 rings (SSSR count). The lowest BCUT2D eigenvalue weighted by molar-refractivity contribution is -0.122. The molecule has 156 valence electrons. The van der Waals surface area contributed by atoms with Gasteiger partial charge in [-0.25, -0.2) is 9.97 Å². The van der Waals surface area contributed by atoms with Crippen molar-refractivity contribution in [1.82, 2.24) is 19.5 Å². The van der Waals surface area contributed by atoms with Crippen LogP contribution in [0.4, 0.5) is 17.3 Å². The van der Waals surface area contributed by atoms with Gasteiger partial charge in [-0.05, 0) is 43.5 Å². The van der Waals surface area contributed by atoms with Crippen LogP contribution in [0.15, 0.2) is 36.5 Å². The highest BCUT2D eigenvalue weighted by atomic mass is 35.5. The number of halogens is 1. The fraction of sp³-hybridized carbons (Fsp3) is 0.286. The summed E-state index contributed by atoms with van der Waals surface area (Å²) in [5.74, 6) is 0.789. The van der Waals surface area contributed by atoms with Gasteiger partial charge >= 0.3 is 0 Å². The summed E-state index contributed by atoms with van der Waals surface area (Å²) in [7, 11) is 2.03. The Morgan fingerprint density at radius 1 is 1.13 bits per heavy atom. The first-order chi connectivity index (χ1) is 14.6. The Labute approximate surface area is 178 Å². The Balaban J connectivity index is 0.000000687. The number of H-pyrrole nitrogens is 1. The molecule has 3 aromatic heterocycles. The molecule has 4 heterocycles. The van der Waals surface area contributed by atoms with E-state index in [0.717, 1.165) is 46.8 Å². The summed E-state index contributed by atoms with van der Waals surface area (Å²) >= 11 is 6.07. The second-order valence-corrected chi connectivity index (χ2v) is 7.54. The number of imidazole rings is 1. The lowest BCUT2D eigenvalue weighted by Gasteiger charge is -2.28. The van der Waals surface area contributed by atoms with Crippen molar-refractivity contribution >= 4 is 57.5 Å². The number of aromatic nitrogens is 4. The van der Waals surface area contributed by atoms with E-state index < -0.39 is 0 Å². The van der Waals surface area contributed by atoms with E-state index in [9.17, 15) is 0 Å². The molecule has 0 spiro atoms. The number of nitrogens with one attached hydrogen (secondary N) is 2. The highest BCUT2D eigenvalue weighted by Crippen LogP contribution is 2.32. The van der Waals surface area contributed by atoms with Crippen molar-refractivity contribution in [2.24, 2.45) is 7.05 Å². The number of piperidine rings is 1. The molecular weight excluding hydrogens is 404 g/mol. The van der Waals surface area contributed by atoms with Crippen molar-refractivity contribution in [2.75, 3.05) is 23.3 Å². The smallest absolute Gasteiger partial charge is 0.290 e. The van der Waals surface area contributed by atoms with Crippen LogP contribution in [-0.2, 0) is 11.8 Å². The van der Waals surface area contributed by atoms with Crippen molar-refractivity contribution in [3.8, 4) is 0 Å². The van der Waals surface area contributed by atoms with Crippen LogP contribution < -0.4 is 10.2 Å². The molecule has 1 fully saturated rings. The third-order valence-electron chi connectivity index (χ3n) is 5.32. The van der Waals surface area contributed by atoms with Crippen molar-refractivity contribution in [1.29, 1.82) is 0 Å². The fourth-order valence-electron chi connectivity index (χ4n) is 3.89. The molecule has 0 radical (unpaired) electrons. The number of hydrogen-bond donors (Lipinski definition) is 3. The van der Waals surface area contributed by atoms with E-state index in [1.54, 1.807) is 6.07 Å². The van der Waals surface area contributed by atoms with Gasteiger partial charge in [0.1, 0.15) is 16.2 Å². The molecular formula is C21H23ClN6O2. The zero-order chi connectivity index (χ0) is 21.1. The maximum absolute atomic E-state index is 8.36. The zero-order valence-corrected chi connectivity index (χ0v) is 17.4. The van der Waals surface area contributed by atoms with E-state index in [-0.39, 0.29) is 6.47 Å². The van der Waals surface area contributed by atoms with E-state index in [1.807, 2.05) is 19.3 Å². The van der Waals surface area contributed by atoms with Crippen LogP contribution in [0, 0.1) is 0 Å². The SMILES string of the molecule is Cn1c(Nc2c[nH]c3ccc(Cl)nc23)nc2c(N3CCCCC3)cccc21.O=CO. The van der Waals surface area contributed by atoms with Gasteiger partial charge in [0.25, 0.3) is 6.47 Å². The standard InChI is InChI=1S/C20H21ClN6.CH2O2/c1-26-15-6-5-7-16(27-10-3-2-4-11-27)19(15)25-20(26)23-14-12-22-13-8-9-17(21)24-18(13)14;2-1-3/h5-9,12,22H,2-4,10-11H2,1H3,(H,23,25);1H,(H,2,3). The molecule has 1 aliphatic heterocycles. The van der Waals surface area contributed by atoms with Crippen LogP contribution in [0.1, 0.15) is 19.3 Å². The number of benzene rings is 1. The molecule has 0 bridgehead atoms. The van der Waals surface area contributed by atoms with E-state index in [1.165, 1.54) is 24.9 Å². The lowest BCUT2D eigenvalue weighted by Crippen LogP contribution is -2.29. The molecule has 30 heavy (non-hydrogen) atoms. The number of pyridine rings is 1. The van der Waals surface area contributed by atoms with Gasteiger partial charge in [-0.3, -0.25) is 4.79 Å². The Hall–Kier alpha value is -3.26. The number of carbonyl (C=O) groups is 1. The monoisotopic (exact) mass is 426 g/mol. The number of anilines is 3. The lowest BCUT2D eigenvalue weighted by atomic mass is 10.1. The number of carboxylic acid groups (broad SMARTS) is 1. The van der Waals surface area contributed by atoms with Crippen LogP contribution in [0.5, 0.6) is 0 Å². The largest absolute Gasteiger partial charge is 0.483 e. The van der Waals surface area contributed by atoms with Gasteiger partial charge in [0.15, 0.2) is 0 Å². The maximum atomic E-state index is 8.36. The predicted molar refractivity (Wildman–Crippen MR) is 120 cm³/mol. The van der Waals surface area contributed by atoms with E-state index in [0.29, 0.717) is 5.15 Å². The van der Waals surface area contributed by atoms with Gasteiger partial charge in [0, 0.05) is 26.3 Å². The summed E-state index contributed by atoms with van der Waals surface area (Å²) in [6.45, 7) is 1.95. The van der Waals surface area contributed by atoms with Crippen LogP contribution in [-0.4, -0.2) is 44.2 Å². The highest BCUT2D eigenvalue weighted by Gasteiger charge is 2.18. The summed E-state index contributed by atoms with van der Waals surface area (Å²) in [6, 6.07) is 10.1. The zero-order valence-electron chi connectivity index (χ0n) is 16.6. The minimum absolute atomic E-state index is 0.250. The molecule has 8 nitrogen and oxygen atoms in total. The summed E-state index contributed by atoms with van der Waals surface area (Å²) in [4.78, 5) is 23.4. The van der Waals surface area contributed by atoms with Gasteiger partial charge < -0.3 is 24.9 Å². The van der Waals surface area contributed by atoms with E-state index >= 15 is 0 Å². The molecule has 9 heteroatoms. The van der Waals surface area contributed by atoms with Gasteiger partial charge in [-0.1, -0.05) is 17.7 Å². The predicted octanol–water partition coefficient (Wildman–Crippen LogP) is 4.54. The summed E-state index contributed by atoms with van der Waals surface area (Å²) in [5.41, 5.74) is 5.99. The van der Waals surface area contributed by atoms with E-state index in [2.05, 4.69) is 43.0 Å². The molecule has 1 aromatic carbocycles. The number of fused-ring (bicyclic) bond motifs is 2. The molecule has 3 N–H and O–H groups in total. The highest BCUT2D eigenvalue weighted by molar-refractivity contribution is 6.29. The summed E-state index contributed by atoms with van der Waals surface area (Å²) in [5, 5.41) is 10.8. The quantitative estimate of drug-likeness (QED) is 0.328. The van der Waals surface area contributed by atoms with Gasteiger partial charge in [0.2, 0.25) is 5.95 Å². The maximum Gasteiger partial charge on any atom is 0.290 e. The number of aromatic amines is 1. The number of aryl methyl sites for hydroxylation is 1. The van der Waals surface area contributed by atoms with Crippen molar-refractivity contribution in [3.05, 3.63) is 41.7 Å². The fourth-order valence-corrected chi connectivity index (χ4v) is 4.04. The van der Waals surface area contributed by atoms with Crippen molar-refractivity contribution < 1.29 is 9.90 Å². The van der Waals surface area contributed by atoms with Gasteiger partial charge in [-0.15, -0.1) is 0 Å². The average molecular weight is 427 g/mol. The third-order valence-corrected chi connectivity index (χ3v) is 5.53. The number of nitrogens with zero attached hydrogens (tertiary/aromatic N) is 4. The normalized spacial score (nSPS) is 13.9. The van der Waals surface area contributed by atoms with Crippen molar-refractivity contribution in [3.63, 3.8) is 0 Å². The van der Waals surface area contributed by atoms with Crippen LogP contribution in [0.3, 0.4) is 0 Å². The minimum atomic E-state index is -0.250. The first-order valence-corrected chi connectivity index (χ1v) is 10.2. The van der Waals surface area contributed by atoms with Crippen LogP contribution >= 0.6 is 11.6 Å². The summed E-state index contributed by atoms with van der Waals surface area (Å²) < 4.78 is 2.09. The number of hydrogen-bond acceptors (Lipinski definition) is 5.